The quantitative estimate of drug-likeness (QED) is 0.661. The maximum absolute atomic E-state index is 12.5. The molecule has 0 amide bonds. The third-order valence-corrected chi connectivity index (χ3v) is 5.57. The number of nitro benzene ring substituents is 1. The number of hydrogen-bond acceptors (Lipinski definition) is 5. The molecule has 0 aliphatic carbocycles. The Kier molecular flexibility index (Phi) is 3.57. The molecule has 0 spiro atoms. The minimum atomic E-state index is -3.96. The van der Waals surface area contributed by atoms with Crippen LogP contribution in [0.4, 0.5) is 5.69 Å². The van der Waals surface area contributed by atoms with Crippen molar-refractivity contribution < 1.29 is 18.4 Å². The van der Waals surface area contributed by atoms with Gasteiger partial charge >= 0.3 is 0 Å². The van der Waals surface area contributed by atoms with Crippen LogP contribution in [0, 0.1) is 17.0 Å². The van der Waals surface area contributed by atoms with Gasteiger partial charge in [-0.3, -0.25) is 10.1 Å². The smallest absolute Gasteiger partial charge is 0.289 e. The SMILES string of the molecule is CCC1(O)CN(S(=O)(=O)c2c(C)cccc2[N+](=O)[O-])C1. The second kappa shape index (κ2) is 4.80. The zero-order chi connectivity index (χ0) is 15.1. The molecule has 0 unspecified atom stereocenters. The number of nitrogens with zero attached hydrogens (tertiary/aromatic N) is 2. The zero-order valence-electron chi connectivity index (χ0n) is 11.2. The van der Waals surface area contributed by atoms with Gasteiger partial charge in [-0.2, -0.15) is 4.31 Å². The number of aliphatic hydroxyl groups is 1. The molecule has 1 saturated heterocycles. The first-order valence-electron chi connectivity index (χ1n) is 6.18. The molecule has 1 heterocycles. The fourth-order valence-corrected chi connectivity index (χ4v) is 4.21. The van der Waals surface area contributed by atoms with Crippen LogP contribution < -0.4 is 0 Å². The lowest BCUT2D eigenvalue weighted by atomic mass is 9.94. The molecule has 0 atom stereocenters. The van der Waals surface area contributed by atoms with Crippen molar-refractivity contribution in [2.45, 2.75) is 30.8 Å². The van der Waals surface area contributed by atoms with Crippen molar-refractivity contribution in [3.05, 3.63) is 33.9 Å². The Morgan fingerprint density at radius 2 is 2.05 bits per heavy atom. The summed E-state index contributed by atoms with van der Waals surface area (Å²) in [7, 11) is -3.96. The number of sulfonamides is 1. The average molecular weight is 300 g/mol. The van der Waals surface area contributed by atoms with Gasteiger partial charge in [0, 0.05) is 19.2 Å². The highest BCUT2D eigenvalue weighted by molar-refractivity contribution is 7.89. The summed E-state index contributed by atoms with van der Waals surface area (Å²) >= 11 is 0. The Hall–Kier alpha value is -1.51. The minimum Gasteiger partial charge on any atom is -0.387 e. The van der Waals surface area contributed by atoms with E-state index in [1.807, 2.05) is 0 Å². The molecule has 0 radical (unpaired) electrons. The monoisotopic (exact) mass is 300 g/mol. The Morgan fingerprint density at radius 3 is 2.55 bits per heavy atom. The maximum Gasteiger partial charge on any atom is 0.289 e. The van der Waals surface area contributed by atoms with Crippen LogP contribution in [0.1, 0.15) is 18.9 Å². The summed E-state index contributed by atoms with van der Waals surface area (Å²) in [5.74, 6) is 0. The second-order valence-corrected chi connectivity index (χ2v) is 6.91. The molecule has 1 aliphatic heterocycles. The molecule has 1 aromatic rings. The van der Waals surface area contributed by atoms with Crippen molar-refractivity contribution in [1.29, 1.82) is 0 Å². The van der Waals surface area contributed by atoms with E-state index in [1.165, 1.54) is 25.1 Å². The van der Waals surface area contributed by atoms with Crippen molar-refractivity contribution in [3.63, 3.8) is 0 Å². The van der Waals surface area contributed by atoms with Gasteiger partial charge in [0.15, 0.2) is 4.90 Å². The van der Waals surface area contributed by atoms with Gasteiger partial charge in [0.05, 0.1) is 10.5 Å². The molecule has 1 fully saturated rings. The summed E-state index contributed by atoms with van der Waals surface area (Å²) in [6.07, 6.45) is 0.439. The Balaban J connectivity index is 2.44. The highest BCUT2D eigenvalue weighted by atomic mass is 32.2. The van der Waals surface area contributed by atoms with E-state index < -0.39 is 26.2 Å². The van der Waals surface area contributed by atoms with Crippen LogP contribution in [0.25, 0.3) is 0 Å². The molecule has 110 valence electrons. The van der Waals surface area contributed by atoms with E-state index in [1.54, 1.807) is 6.92 Å². The third-order valence-electron chi connectivity index (χ3n) is 3.59. The van der Waals surface area contributed by atoms with E-state index in [9.17, 15) is 23.6 Å². The molecule has 1 aliphatic rings. The highest BCUT2D eigenvalue weighted by Crippen LogP contribution is 2.35. The van der Waals surface area contributed by atoms with Gasteiger partial charge < -0.3 is 5.11 Å². The van der Waals surface area contributed by atoms with Crippen molar-refractivity contribution in [2.24, 2.45) is 0 Å². The lowest BCUT2D eigenvalue weighted by Gasteiger charge is -2.44. The van der Waals surface area contributed by atoms with Crippen molar-refractivity contribution in [2.75, 3.05) is 13.1 Å². The standard InChI is InChI=1S/C12H16N2O5S/c1-3-12(15)7-13(8-12)20(18,19)11-9(2)5-4-6-10(11)14(16)17/h4-6,15H,3,7-8H2,1-2H3. The van der Waals surface area contributed by atoms with Gasteiger partial charge in [0.25, 0.3) is 5.69 Å². The van der Waals surface area contributed by atoms with Gasteiger partial charge in [0.1, 0.15) is 0 Å². The van der Waals surface area contributed by atoms with Crippen LogP contribution in [0.15, 0.2) is 23.1 Å². The van der Waals surface area contributed by atoms with E-state index in [0.29, 0.717) is 12.0 Å². The van der Waals surface area contributed by atoms with Crippen LogP contribution in [-0.4, -0.2) is 41.4 Å². The van der Waals surface area contributed by atoms with E-state index in [0.717, 1.165) is 4.31 Å². The summed E-state index contributed by atoms with van der Waals surface area (Å²) < 4.78 is 26.0. The van der Waals surface area contributed by atoms with E-state index in [-0.39, 0.29) is 18.0 Å². The largest absolute Gasteiger partial charge is 0.387 e. The summed E-state index contributed by atoms with van der Waals surface area (Å²) in [4.78, 5) is 10.0. The van der Waals surface area contributed by atoms with Crippen LogP contribution in [-0.2, 0) is 10.0 Å². The topological polar surface area (TPSA) is 101 Å². The molecular weight excluding hydrogens is 284 g/mol. The normalized spacial score (nSPS) is 18.6. The number of aryl methyl sites for hydroxylation is 1. The van der Waals surface area contributed by atoms with Crippen molar-refractivity contribution in [3.8, 4) is 0 Å². The summed E-state index contributed by atoms with van der Waals surface area (Å²) in [5, 5.41) is 20.9. The third kappa shape index (κ3) is 2.30. The summed E-state index contributed by atoms with van der Waals surface area (Å²) in [6.45, 7) is 3.22. The molecule has 2 rings (SSSR count). The molecular formula is C12H16N2O5S. The zero-order valence-corrected chi connectivity index (χ0v) is 12.1. The number of benzene rings is 1. The lowest BCUT2D eigenvalue weighted by Crippen LogP contribution is -2.62. The van der Waals surface area contributed by atoms with Gasteiger partial charge in [-0.05, 0) is 18.9 Å². The molecule has 20 heavy (non-hydrogen) atoms. The van der Waals surface area contributed by atoms with Gasteiger partial charge in [0.2, 0.25) is 10.0 Å². The first-order valence-corrected chi connectivity index (χ1v) is 7.62. The summed E-state index contributed by atoms with van der Waals surface area (Å²) in [5.41, 5.74) is -1.13. The fraction of sp³-hybridized carbons (Fsp3) is 0.500. The van der Waals surface area contributed by atoms with Crippen LogP contribution in [0.5, 0.6) is 0 Å². The predicted octanol–water partition coefficient (Wildman–Crippen LogP) is 1.05. The number of rotatable bonds is 4. The predicted molar refractivity (Wildman–Crippen MR) is 71.8 cm³/mol. The maximum atomic E-state index is 12.5. The molecule has 0 saturated carbocycles. The lowest BCUT2D eigenvalue weighted by molar-refractivity contribution is -0.388. The number of hydrogen-bond donors (Lipinski definition) is 1. The summed E-state index contributed by atoms with van der Waals surface area (Å²) in [6, 6.07) is 4.14. The average Bonchev–Trinajstić information content (AvgIpc) is 2.34. The van der Waals surface area contributed by atoms with E-state index in [4.69, 9.17) is 0 Å². The fourth-order valence-electron chi connectivity index (χ4n) is 2.25. The Bertz CT molecular complexity index is 650. The molecule has 1 N–H and O–H groups in total. The highest BCUT2D eigenvalue weighted by Gasteiger charge is 2.47. The molecule has 1 aromatic carbocycles. The second-order valence-electron chi connectivity index (χ2n) is 5.03. The van der Waals surface area contributed by atoms with Gasteiger partial charge in [-0.1, -0.05) is 19.1 Å². The van der Waals surface area contributed by atoms with Crippen LogP contribution in [0.2, 0.25) is 0 Å². The Morgan fingerprint density at radius 1 is 1.45 bits per heavy atom. The number of β-amino-alcohol motifs (C(OH)–C–C–N with tert-alkyl or cyclic N) is 1. The van der Waals surface area contributed by atoms with Gasteiger partial charge in [-0.15, -0.1) is 0 Å². The first-order chi connectivity index (χ1) is 9.21. The number of nitro groups is 1. The molecule has 8 heteroatoms. The van der Waals surface area contributed by atoms with Crippen LogP contribution >= 0.6 is 0 Å². The molecule has 7 nitrogen and oxygen atoms in total. The minimum absolute atomic E-state index is 0.0304. The molecule has 0 aromatic heterocycles. The van der Waals surface area contributed by atoms with Crippen LogP contribution in [0.3, 0.4) is 0 Å². The van der Waals surface area contributed by atoms with E-state index in [2.05, 4.69) is 0 Å². The molecule has 0 bridgehead atoms. The van der Waals surface area contributed by atoms with Gasteiger partial charge in [-0.25, -0.2) is 8.42 Å². The van der Waals surface area contributed by atoms with Crippen molar-refractivity contribution >= 4 is 15.7 Å². The van der Waals surface area contributed by atoms with E-state index >= 15 is 0 Å². The first kappa shape index (κ1) is 14.9. The Labute approximate surface area is 117 Å². The van der Waals surface area contributed by atoms with Crippen molar-refractivity contribution in [1.82, 2.24) is 4.31 Å².